The summed E-state index contributed by atoms with van der Waals surface area (Å²) in [6.45, 7) is 2.56. The summed E-state index contributed by atoms with van der Waals surface area (Å²) in [5.41, 5.74) is 3.22. The summed E-state index contributed by atoms with van der Waals surface area (Å²) in [6.07, 6.45) is 7.89. The molecule has 1 aliphatic rings. The van der Waals surface area contributed by atoms with E-state index in [1.54, 1.807) is 12.1 Å². The molecule has 0 aromatic carbocycles. The zero-order valence-electron chi connectivity index (χ0n) is 17.9. The van der Waals surface area contributed by atoms with Crippen LogP contribution in [0.3, 0.4) is 0 Å². The topological polar surface area (TPSA) is 117 Å². The Morgan fingerprint density at radius 2 is 2.33 bits per heavy atom. The highest BCUT2D eigenvalue weighted by Crippen LogP contribution is 2.39. The number of nitrogens with zero attached hydrogens (tertiary/aromatic N) is 2. The largest absolute Gasteiger partial charge is 0.472 e. The van der Waals surface area contributed by atoms with Crippen LogP contribution in [0.4, 0.5) is 9.80 Å². The van der Waals surface area contributed by atoms with Gasteiger partial charge in [0.15, 0.2) is 0 Å². The lowest BCUT2D eigenvalue weighted by Gasteiger charge is -2.21. The molecule has 0 aliphatic heterocycles. The number of furan rings is 1. The van der Waals surface area contributed by atoms with Crippen LogP contribution < -0.4 is 10.6 Å². The fraction of sp³-hybridized carbons (Fsp3) is 0.304. The number of alkyl carbamates (subject to hydrolysis) is 1. The van der Waals surface area contributed by atoms with E-state index < -0.39 is 6.09 Å². The van der Waals surface area contributed by atoms with Crippen molar-refractivity contribution >= 4 is 45.8 Å². The van der Waals surface area contributed by atoms with Gasteiger partial charge in [0.2, 0.25) is 5.91 Å². The molecule has 0 saturated heterocycles. The van der Waals surface area contributed by atoms with Gasteiger partial charge in [-0.2, -0.15) is 5.26 Å². The molecule has 2 N–H and O–H groups in total. The molecule has 33 heavy (non-hydrogen) atoms. The van der Waals surface area contributed by atoms with Gasteiger partial charge in [-0.3, -0.25) is 4.79 Å². The lowest BCUT2D eigenvalue weighted by atomic mass is 9.88. The van der Waals surface area contributed by atoms with Crippen LogP contribution in [0.25, 0.3) is 6.08 Å². The van der Waals surface area contributed by atoms with Gasteiger partial charge in [-0.15, -0.1) is 22.7 Å². The Morgan fingerprint density at radius 3 is 3.06 bits per heavy atom. The number of nitriles is 1. The number of hydrogen-bond donors (Lipinski definition) is 2. The van der Waals surface area contributed by atoms with Crippen LogP contribution in [0.15, 0.2) is 34.5 Å². The summed E-state index contributed by atoms with van der Waals surface area (Å²) in [6, 6.07) is 3.98. The molecule has 1 aliphatic carbocycles. The minimum absolute atomic E-state index is 0.167. The first-order valence-corrected chi connectivity index (χ1v) is 12.1. The number of carbonyl (C=O) groups excluding carboxylic acids is 2. The van der Waals surface area contributed by atoms with Gasteiger partial charge in [0, 0.05) is 27.6 Å². The SMILES string of the molecule is Cc1csc(CNC(=O)OCC2CCc3c(sc(NC(=O)/C=C/c4ccoc4)c3C#N)C2)n1. The second-order valence-electron chi connectivity index (χ2n) is 7.64. The first kappa shape index (κ1) is 22.8. The normalized spacial score (nSPS) is 15.1. The van der Waals surface area contributed by atoms with Crippen LogP contribution >= 0.6 is 22.7 Å². The van der Waals surface area contributed by atoms with E-state index >= 15 is 0 Å². The molecule has 8 nitrogen and oxygen atoms in total. The lowest BCUT2D eigenvalue weighted by Crippen LogP contribution is -2.27. The molecule has 0 spiro atoms. The van der Waals surface area contributed by atoms with Gasteiger partial charge >= 0.3 is 6.09 Å². The minimum atomic E-state index is -0.463. The molecule has 0 fully saturated rings. The summed E-state index contributed by atoms with van der Waals surface area (Å²) < 4.78 is 10.4. The van der Waals surface area contributed by atoms with Crippen molar-refractivity contribution in [1.82, 2.24) is 10.3 Å². The van der Waals surface area contributed by atoms with Gasteiger partial charge in [-0.1, -0.05) is 0 Å². The lowest BCUT2D eigenvalue weighted by molar-refractivity contribution is -0.111. The second kappa shape index (κ2) is 10.5. The van der Waals surface area contributed by atoms with Gasteiger partial charge in [0.05, 0.1) is 31.2 Å². The molecule has 3 aromatic heterocycles. The second-order valence-corrected chi connectivity index (χ2v) is 9.69. The Hall–Kier alpha value is -3.42. The molecule has 0 saturated carbocycles. The molecule has 3 heterocycles. The summed E-state index contributed by atoms with van der Waals surface area (Å²) in [7, 11) is 0. The van der Waals surface area contributed by atoms with E-state index in [0.29, 0.717) is 36.6 Å². The van der Waals surface area contributed by atoms with Crippen molar-refractivity contribution in [2.45, 2.75) is 32.7 Å². The average Bonchev–Trinajstić information content (AvgIpc) is 3.54. The monoisotopic (exact) mass is 482 g/mol. The minimum Gasteiger partial charge on any atom is -0.472 e. The fourth-order valence-electron chi connectivity index (χ4n) is 3.57. The number of hydrogen-bond acceptors (Lipinski definition) is 8. The fourth-order valence-corrected chi connectivity index (χ4v) is 5.60. The summed E-state index contributed by atoms with van der Waals surface area (Å²) in [5, 5.41) is 18.5. The third kappa shape index (κ3) is 5.88. The number of nitrogens with one attached hydrogen (secondary N) is 2. The Bertz CT molecular complexity index is 1200. The zero-order chi connectivity index (χ0) is 23.2. The first-order valence-electron chi connectivity index (χ1n) is 10.4. The number of ether oxygens (including phenoxy) is 1. The molecular formula is C23H22N4O4S2. The smallest absolute Gasteiger partial charge is 0.407 e. The van der Waals surface area contributed by atoms with Crippen LogP contribution in [0.5, 0.6) is 0 Å². The quantitative estimate of drug-likeness (QED) is 0.473. The van der Waals surface area contributed by atoms with Crippen LogP contribution in [0.1, 0.15) is 38.7 Å². The van der Waals surface area contributed by atoms with E-state index in [0.717, 1.165) is 33.1 Å². The van der Waals surface area contributed by atoms with E-state index in [9.17, 15) is 14.9 Å². The predicted molar refractivity (Wildman–Crippen MR) is 126 cm³/mol. The number of thiazole rings is 1. The van der Waals surface area contributed by atoms with Crippen molar-refractivity contribution < 1.29 is 18.7 Å². The molecule has 10 heteroatoms. The number of amides is 2. The number of rotatable bonds is 7. The molecular weight excluding hydrogens is 460 g/mol. The summed E-state index contributed by atoms with van der Waals surface area (Å²) in [4.78, 5) is 29.7. The Labute approximate surface area is 198 Å². The highest BCUT2D eigenvalue weighted by atomic mass is 32.1. The summed E-state index contributed by atoms with van der Waals surface area (Å²) in [5.74, 6) is -0.140. The van der Waals surface area contributed by atoms with Crippen LogP contribution in [0.2, 0.25) is 0 Å². The van der Waals surface area contributed by atoms with Gasteiger partial charge in [-0.25, -0.2) is 9.78 Å². The molecule has 1 atom stereocenters. The third-order valence-electron chi connectivity index (χ3n) is 5.19. The molecule has 170 valence electrons. The maximum atomic E-state index is 12.3. The van der Waals surface area contributed by atoms with E-state index in [-0.39, 0.29) is 11.8 Å². The molecule has 2 amide bonds. The van der Waals surface area contributed by atoms with Gasteiger partial charge in [-0.05, 0) is 49.8 Å². The Kier molecular flexibility index (Phi) is 7.22. The van der Waals surface area contributed by atoms with E-state index in [1.165, 1.54) is 41.3 Å². The molecule has 4 rings (SSSR count). The highest BCUT2D eigenvalue weighted by molar-refractivity contribution is 7.16. The van der Waals surface area contributed by atoms with Crippen LogP contribution in [0, 0.1) is 24.2 Å². The number of anilines is 1. The van der Waals surface area contributed by atoms with Crippen molar-refractivity contribution in [2.75, 3.05) is 11.9 Å². The highest BCUT2D eigenvalue weighted by Gasteiger charge is 2.27. The van der Waals surface area contributed by atoms with Crippen LogP contribution in [-0.4, -0.2) is 23.6 Å². The zero-order valence-corrected chi connectivity index (χ0v) is 19.6. The summed E-state index contributed by atoms with van der Waals surface area (Å²) >= 11 is 2.91. The van der Waals surface area contributed by atoms with Crippen molar-refractivity contribution in [3.8, 4) is 6.07 Å². The number of thiophene rings is 1. The average molecular weight is 483 g/mol. The van der Waals surface area contributed by atoms with Crippen molar-refractivity contribution in [3.05, 3.63) is 62.3 Å². The maximum Gasteiger partial charge on any atom is 0.407 e. The van der Waals surface area contributed by atoms with Crippen molar-refractivity contribution in [2.24, 2.45) is 5.92 Å². The standard InChI is InChI=1S/C23H22N4O4S2/c1-14-13-32-21(26-14)10-25-23(29)31-12-16-2-4-17-18(9-24)22(33-19(17)8-16)27-20(28)5-3-15-6-7-30-11-15/h3,5-7,11,13,16H,2,4,8,10,12H2,1H3,(H,25,29)(H,27,28)/b5-3+. The number of aromatic nitrogens is 1. The Balaban J connectivity index is 1.31. The van der Waals surface area contributed by atoms with Gasteiger partial charge in [0.25, 0.3) is 0 Å². The molecule has 0 bridgehead atoms. The van der Waals surface area contributed by atoms with E-state index in [4.69, 9.17) is 9.15 Å². The molecule has 3 aromatic rings. The van der Waals surface area contributed by atoms with Crippen molar-refractivity contribution in [1.29, 1.82) is 5.26 Å². The van der Waals surface area contributed by atoms with E-state index in [2.05, 4.69) is 21.7 Å². The van der Waals surface area contributed by atoms with Gasteiger partial charge < -0.3 is 19.8 Å². The first-order chi connectivity index (χ1) is 16.0. The maximum absolute atomic E-state index is 12.3. The predicted octanol–water partition coefficient (Wildman–Crippen LogP) is 4.66. The number of carbonyl (C=O) groups is 2. The Morgan fingerprint density at radius 1 is 1.45 bits per heavy atom. The van der Waals surface area contributed by atoms with Crippen LogP contribution in [-0.2, 0) is 28.9 Å². The number of aryl methyl sites for hydroxylation is 1. The molecule has 0 radical (unpaired) electrons. The third-order valence-corrected chi connectivity index (χ3v) is 7.32. The van der Waals surface area contributed by atoms with E-state index in [1.807, 2.05) is 12.3 Å². The molecule has 1 unspecified atom stereocenters. The number of fused-ring (bicyclic) bond motifs is 1. The van der Waals surface area contributed by atoms with Crippen molar-refractivity contribution in [3.63, 3.8) is 0 Å². The van der Waals surface area contributed by atoms with Gasteiger partial charge in [0.1, 0.15) is 16.1 Å².